The van der Waals surface area contributed by atoms with Crippen molar-refractivity contribution in [3.05, 3.63) is 0 Å². The van der Waals surface area contributed by atoms with E-state index in [-0.39, 0.29) is 5.91 Å². The third-order valence-corrected chi connectivity index (χ3v) is 3.36. The molecule has 1 aliphatic heterocycles. The largest absolute Gasteiger partial charge is 0.376 e. The predicted molar refractivity (Wildman–Crippen MR) is 76.0 cm³/mol. The van der Waals surface area contributed by atoms with Crippen LogP contribution in [0.3, 0.4) is 0 Å². The molecule has 19 heavy (non-hydrogen) atoms. The Bertz CT molecular complexity index is 248. The van der Waals surface area contributed by atoms with E-state index in [1.54, 1.807) is 0 Å². The zero-order valence-corrected chi connectivity index (χ0v) is 12.9. The van der Waals surface area contributed by atoms with Crippen LogP contribution in [0, 0.1) is 11.8 Å². The molecule has 1 atom stereocenters. The van der Waals surface area contributed by atoms with E-state index in [9.17, 15) is 4.79 Å². The first kappa shape index (κ1) is 16.4. The maximum absolute atomic E-state index is 12.4. The highest BCUT2D eigenvalue weighted by molar-refractivity contribution is 5.81. The smallest absolute Gasteiger partial charge is 0.254 e. The second kappa shape index (κ2) is 8.54. The van der Waals surface area contributed by atoms with Crippen LogP contribution in [-0.2, 0) is 14.3 Å². The first-order valence-electron chi connectivity index (χ1n) is 7.48. The molecule has 1 heterocycles. The van der Waals surface area contributed by atoms with Gasteiger partial charge in [0.05, 0.1) is 19.8 Å². The van der Waals surface area contributed by atoms with Gasteiger partial charge in [0.2, 0.25) is 0 Å². The van der Waals surface area contributed by atoms with Crippen LogP contribution in [0.2, 0.25) is 0 Å². The molecule has 0 aliphatic carbocycles. The van der Waals surface area contributed by atoms with E-state index in [2.05, 4.69) is 27.7 Å². The standard InChI is InChI=1S/C15H29NO3/c1-12(2)5-7-16(8-6-13(3)4)15(17)14-11-18-9-10-19-14/h12-14H,5-11H2,1-4H3. The van der Waals surface area contributed by atoms with E-state index in [1.807, 2.05) is 4.90 Å². The van der Waals surface area contributed by atoms with Gasteiger partial charge < -0.3 is 14.4 Å². The molecule has 1 fully saturated rings. The minimum atomic E-state index is -0.395. The van der Waals surface area contributed by atoms with Crippen molar-refractivity contribution in [3.63, 3.8) is 0 Å². The molecule has 0 spiro atoms. The van der Waals surface area contributed by atoms with Crippen molar-refractivity contribution in [1.29, 1.82) is 0 Å². The summed E-state index contributed by atoms with van der Waals surface area (Å²) in [6.45, 7) is 11.9. The third-order valence-electron chi connectivity index (χ3n) is 3.36. The number of carbonyl (C=O) groups excluding carboxylic acids is 1. The summed E-state index contributed by atoms with van der Waals surface area (Å²) in [7, 11) is 0. The van der Waals surface area contributed by atoms with Crippen molar-refractivity contribution in [3.8, 4) is 0 Å². The maximum atomic E-state index is 12.4. The lowest BCUT2D eigenvalue weighted by atomic mass is 10.1. The van der Waals surface area contributed by atoms with Gasteiger partial charge in [-0.25, -0.2) is 0 Å². The number of rotatable bonds is 7. The van der Waals surface area contributed by atoms with E-state index < -0.39 is 6.10 Å². The highest BCUT2D eigenvalue weighted by atomic mass is 16.6. The van der Waals surface area contributed by atoms with Crippen molar-refractivity contribution in [2.75, 3.05) is 32.9 Å². The Hall–Kier alpha value is -0.610. The minimum absolute atomic E-state index is 0.0981. The summed E-state index contributed by atoms with van der Waals surface area (Å²) in [5.41, 5.74) is 0. The van der Waals surface area contributed by atoms with Gasteiger partial charge in [-0.05, 0) is 24.7 Å². The number of carbonyl (C=O) groups is 1. The van der Waals surface area contributed by atoms with Crippen LogP contribution in [0.25, 0.3) is 0 Å². The fourth-order valence-electron chi connectivity index (χ4n) is 1.99. The van der Waals surface area contributed by atoms with E-state index >= 15 is 0 Å². The monoisotopic (exact) mass is 271 g/mol. The Labute approximate surface area is 117 Å². The molecule has 4 nitrogen and oxygen atoms in total. The molecule has 4 heteroatoms. The molecule has 112 valence electrons. The van der Waals surface area contributed by atoms with Gasteiger partial charge in [-0.15, -0.1) is 0 Å². The first-order valence-corrected chi connectivity index (χ1v) is 7.48. The molecule has 1 unspecified atom stereocenters. The van der Waals surface area contributed by atoms with Gasteiger partial charge in [0, 0.05) is 13.1 Å². The van der Waals surface area contributed by atoms with Crippen molar-refractivity contribution < 1.29 is 14.3 Å². The zero-order valence-electron chi connectivity index (χ0n) is 12.9. The normalized spacial score (nSPS) is 20.0. The van der Waals surface area contributed by atoms with Crippen LogP contribution in [0.4, 0.5) is 0 Å². The fraction of sp³-hybridized carbons (Fsp3) is 0.933. The van der Waals surface area contributed by atoms with E-state index in [0.29, 0.717) is 31.7 Å². The van der Waals surface area contributed by atoms with Gasteiger partial charge in [-0.3, -0.25) is 4.79 Å². The lowest BCUT2D eigenvalue weighted by Crippen LogP contribution is -2.46. The molecular weight excluding hydrogens is 242 g/mol. The lowest BCUT2D eigenvalue weighted by Gasteiger charge is -2.30. The summed E-state index contributed by atoms with van der Waals surface area (Å²) in [5, 5.41) is 0. The SMILES string of the molecule is CC(C)CCN(CCC(C)C)C(=O)C1COCCO1. The molecule has 0 bridgehead atoms. The highest BCUT2D eigenvalue weighted by Crippen LogP contribution is 2.11. The second-order valence-corrected chi connectivity index (χ2v) is 6.12. The average Bonchev–Trinajstić information content (AvgIpc) is 2.38. The van der Waals surface area contributed by atoms with E-state index in [4.69, 9.17) is 9.47 Å². The number of hydrogen-bond acceptors (Lipinski definition) is 3. The van der Waals surface area contributed by atoms with Crippen molar-refractivity contribution in [1.82, 2.24) is 4.90 Å². The van der Waals surface area contributed by atoms with E-state index in [0.717, 1.165) is 25.9 Å². The second-order valence-electron chi connectivity index (χ2n) is 6.12. The Morgan fingerprint density at radius 2 is 1.68 bits per heavy atom. The first-order chi connectivity index (χ1) is 9.00. The topological polar surface area (TPSA) is 38.8 Å². The number of hydrogen-bond donors (Lipinski definition) is 0. The third kappa shape index (κ3) is 6.39. The lowest BCUT2D eigenvalue weighted by molar-refractivity contribution is -0.158. The molecule has 0 saturated carbocycles. The summed E-state index contributed by atoms with van der Waals surface area (Å²) in [6, 6.07) is 0. The fourth-order valence-corrected chi connectivity index (χ4v) is 1.99. The summed E-state index contributed by atoms with van der Waals surface area (Å²) >= 11 is 0. The predicted octanol–water partition coefficient (Wildman–Crippen LogP) is 2.32. The van der Waals surface area contributed by atoms with E-state index in [1.165, 1.54) is 0 Å². The molecule has 0 aromatic heterocycles. The van der Waals surface area contributed by atoms with Gasteiger partial charge in [0.1, 0.15) is 0 Å². The van der Waals surface area contributed by atoms with Gasteiger partial charge in [0.25, 0.3) is 5.91 Å². The molecule has 1 aliphatic rings. The molecule has 1 amide bonds. The minimum Gasteiger partial charge on any atom is -0.376 e. The van der Waals surface area contributed by atoms with Crippen LogP contribution in [0.15, 0.2) is 0 Å². The zero-order chi connectivity index (χ0) is 14.3. The molecule has 0 N–H and O–H groups in total. The van der Waals surface area contributed by atoms with Gasteiger partial charge in [-0.2, -0.15) is 0 Å². The van der Waals surface area contributed by atoms with Crippen LogP contribution in [-0.4, -0.2) is 49.8 Å². The van der Waals surface area contributed by atoms with Crippen LogP contribution in [0.5, 0.6) is 0 Å². The molecular formula is C15H29NO3. The van der Waals surface area contributed by atoms with Crippen LogP contribution >= 0.6 is 0 Å². The van der Waals surface area contributed by atoms with Crippen LogP contribution < -0.4 is 0 Å². The quantitative estimate of drug-likeness (QED) is 0.713. The molecule has 0 radical (unpaired) electrons. The summed E-state index contributed by atoms with van der Waals surface area (Å²) in [4.78, 5) is 14.4. The Balaban J connectivity index is 2.51. The maximum Gasteiger partial charge on any atom is 0.254 e. The average molecular weight is 271 g/mol. The van der Waals surface area contributed by atoms with Gasteiger partial charge in [-0.1, -0.05) is 27.7 Å². The number of amides is 1. The van der Waals surface area contributed by atoms with Gasteiger partial charge >= 0.3 is 0 Å². The number of nitrogens with zero attached hydrogens (tertiary/aromatic N) is 1. The molecule has 1 saturated heterocycles. The molecule has 0 aromatic rings. The Kier molecular flexibility index (Phi) is 7.39. The molecule has 0 aromatic carbocycles. The van der Waals surface area contributed by atoms with Crippen molar-refractivity contribution >= 4 is 5.91 Å². The van der Waals surface area contributed by atoms with Gasteiger partial charge in [0.15, 0.2) is 6.10 Å². The molecule has 1 rings (SSSR count). The summed E-state index contributed by atoms with van der Waals surface area (Å²) < 4.78 is 10.9. The number of ether oxygens (including phenoxy) is 2. The Morgan fingerprint density at radius 1 is 1.11 bits per heavy atom. The Morgan fingerprint density at radius 3 is 2.11 bits per heavy atom. The van der Waals surface area contributed by atoms with Crippen molar-refractivity contribution in [2.45, 2.75) is 46.6 Å². The summed E-state index contributed by atoms with van der Waals surface area (Å²) in [5.74, 6) is 1.32. The van der Waals surface area contributed by atoms with Crippen LogP contribution in [0.1, 0.15) is 40.5 Å². The van der Waals surface area contributed by atoms with Crippen molar-refractivity contribution in [2.24, 2.45) is 11.8 Å². The summed E-state index contributed by atoms with van der Waals surface area (Å²) in [6.07, 6.45) is 1.68. The highest BCUT2D eigenvalue weighted by Gasteiger charge is 2.27.